The van der Waals surface area contributed by atoms with Gasteiger partial charge in [0.1, 0.15) is 11.3 Å². The van der Waals surface area contributed by atoms with Crippen LogP contribution in [0.5, 0.6) is 5.75 Å². The third-order valence-electron chi connectivity index (χ3n) is 2.03. The Labute approximate surface area is 110 Å². The van der Waals surface area contributed by atoms with Gasteiger partial charge in [-0.05, 0) is 12.1 Å². The Kier molecular flexibility index (Phi) is 5.64. The lowest BCUT2D eigenvalue weighted by Gasteiger charge is -2.04. The van der Waals surface area contributed by atoms with Crippen LogP contribution >= 0.6 is 0 Å². The zero-order valence-corrected chi connectivity index (χ0v) is 10.9. The predicted molar refractivity (Wildman–Crippen MR) is 68.0 cm³/mol. The quantitative estimate of drug-likeness (QED) is 0.640. The highest BCUT2D eigenvalue weighted by molar-refractivity contribution is 7.80. The number of nitrogens with zero attached hydrogens (tertiary/aromatic N) is 1. The number of para-hydroxylation sites is 1. The molecule has 0 aliphatic rings. The van der Waals surface area contributed by atoms with Crippen molar-refractivity contribution in [2.45, 2.75) is 0 Å². The molecule has 2 rings (SSSR count). The maximum Gasteiger partial charge on any atom is 0.397 e. The number of rotatable bonds is 3. The molecule has 0 aliphatic carbocycles. The van der Waals surface area contributed by atoms with E-state index in [9.17, 15) is 8.42 Å². The zero-order chi connectivity index (χ0) is 14.3. The monoisotopic (exact) mass is 287 g/mol. The fraction of sp³-hybridized carbons (Fsp3) is 0.182. The number of benzene rings is 1. The molecule has 1 heterocycles. The Hall–Kier alpha value is -1.74. The molecule has 104 valence electrons. The summed E-state index contributed by atoms with van der Waals surface area (Å²) in [7, 11) is -3.29. The maximum absolute atomic E-state index is 9.33. The summed E-state index contributed by atoms with van der Waals surface area (Å²) >= 11 is 0. The van der Waals surface area contributed by atoms with Crippen molar-refractivity contribution in [1.29, 1.82) is 0 Å². The summed E-state index contributed by atoms with van der Waals surface area (Å²) < 4.78 is 34.7. The van der Waals surface area contributed by atoms with Crippen LogP contribution < -0.4 is 4.74 Å². The fourth-order valence-corrected chi connectivity index (χ4v) is 1.26. The number of hydrogen-bond donors (Lipinski definition) is 2. The van der Waals surface area contributed by atoms with Gasteiger partial charge in [0, 0.05) is 11.6 Å². The number of aromatic nitrogens is 1. The standard InChI is InChI=1S/C10H9NO2.CH4O4S/c12-7-13-9-5-1-3-8-4-2-6-11-10(8)9;1-5-6(2,3)4/h1-6,12H,7H2;1H3,(H,2,3,4). The molecule has 0 unspecified atom stereocenters. The number of pyridine rings is 1. The van der Waals surface area contributed by atoms with Crippen molar-refractivity contribution in [3.63, 3.8) is 0 Å². The van der Waals surface area contributed by atoms with Gasteiger partial charge in [0.15, 0.2) is 6.79 Å². The molecule has 7 nitrogen and oxygen atoms in total. The Morgan fingerprint density at radius 3 is 2.47 bits per heavy atom. The number of ether oxygens (including phenoxy) is 1. The Bertz CT molecular complexity index is 623. The second-order valence-corrected chi connectivity index (χ2v) is 4.39. The second-order valence-electron chi connectivity index (χ2n) is 3.20. The summed E-state index contributed by atoms with van der Waals surface area (Å²) in [5.41, 5.74) is 0.777. The van der Waals surface area contributed by atoms with Crippen LogP contribution in [-0.2, 0) is 14.6 Å². The van der Waals surface area contributed by atoms with Crippen LogP contribution in [0.25, 0.3) is 10.9 Å². The number of aliphatic hydroxyl groups excluding tert-OH is 1. The summed E-state index contributed by atoms with van der Waals surface area (Å²) in [5.74, 6) is 0.612. The molecule has 0 spiro atoms. The fourth-order valence-electron chi connectivity index (χ4n) is 1.26. The van der Waals surface area contributed by atoms with E-state index in [0.717, 1.165) is 18.0 Å². The van der Waals surface area contributed by atoms with Crippen molar-refractivity contribution in [2.75, 3.05) is 13.9 Å². The maximum atomic E-state index is 9.33. The molecule has 19 heavy (non-hydrogen) atoms. The van der Waals surface area contributed by atoms with Gasteiger partial charge in [-0.1, -0.05) is 18.2 Å². The zero-order valence-electron chi connectivity index (χ0n) is 10.1. The third-order valence-corrected chi connectivity index (χ3v) is 2.45. The molecule has 8 heteroatoms. The SMILES string of the molecule is COS(=O)(=O)O.OCOc1cccc2cccnc12. The molecule has 0 aliphatic heterocycles. The third kappa shape index (κ3) is 5.18. The van der Waals surface area contributed by atoms with Crippen LogP contribution in [0, 0.1) is 0 Å². The largest absolute Gasteiger partial charge is 0.465 e. The molecule has 0 bridgehead atoms. The van der Waals surface area contributed by atoms with Gasteiger partial charge in [-0.2, -0.15) is 8.42 Å². The Morgan fingerprint density at radius 1 is 1.26 bits per heavy atom. The lowest BCUT2D eigenvalue weighted by Crippen LogP contribution is -1.96. The lowest BCUT2D eigenvalue weighted by atomic mass is 10.2. The Morgan fingerprint density at radius 2 is 1.89 bits per heavy atom. The van der Waals surface area contributed by atoms with Crippen molar-refractivity contribution >= 4 is 21.3 Å². The number of fused-ring (bicyclic) bond motifs is 1. The van der Waals surface area contributed by atoms with Gasteiger partial charge in [0.05, 0.1) is 7.11 Å². The Balaban J connectivity index is 0.000000258. The second kappa shape index (κ2) is 7.00. The van der Waals surface area contributed by atoms with Gasteiger partial charge >= 0.3 is 10.4 Å². The first-order chi connectivity index (χ1) is 8.98. The van der Waals surface area contributed by atoms with Crippen LogP contribution in [0.4, 0.5) is 0 Å². The highest BCUT2D eigenvalue weighted by atomic mass is 32.3. The van der Waals surface area contributed by atoms with Crippen LogP contribution in [0.1, 0.15) is 0 Å². The van der Waals surface area contributed by atoms with Crippen LogP contribution in [0.15, 0.2) is 36.5 Å². The van der Waals surface area contributed by atoms with E-state index in [-0.39, 0.29) is 6.79 Å². The predicted octanol–water partition coefficient (Wildman–Crippen LogP) is 0.999. The average Bonchev–Trinajstić information content (AvgIpc) is 2.39. The van der Waals surface area contributed by atoms with E-state index in [1.54, 1.807) is 12.3 Å². The molecule has 0 saturated heterocycles. The minimum Gasteiger partial charge on any atom is -0.465 e. The van der Waals surface area contributed by atoms with Crippen molar-refractivity contribution < 1.29 is 27.0 Å². The average molecular weight is 287 g/mol. The first kappa shape index (κ1) is 15.3. The van der Waals surface area contributed by atoms with Gasteiger partial charge in [0.2, 0.25) is 0 Å². The van der Waals surface area contributed by atoms with E-state index < -0.39 is 10.4 Å². The summed E-state index contributed by atoms with van der Waals surface area (Å²) in [4.78, 5) is 4.16. The molecule has 2 N–H and O–H groups in total. The molecule has 0 atom stereocenters. The molecule has 0 saturated carbocycles. The number of hydrogen-bond acceptors (Lipinski definition) is 6. The van der Waals surface area contributed by atoms with Crippen molar-refractivity contribution in [2.24, 2.45) is 0 Å². The number of aliphatic hydroxyl groups is 1. The summed E-state index contributed by atoms with van der Waals surface area (Å²) in [6, 6.07) is 9.42. The minimum absolute atomic E-state index is 0.324. The molecule has 1 aromatic carbocycles. The first-order valence-corrected chi connectivity index (χ1v) is 6.45. The van der Waals surface area contributed by atoms with Crippen molar-refractivity contribution in [1.82, 2.24) is 4.98 Å². The van der Waals surface area contributed by atoms with E-state index in [1.165, 1.54) is 0 Å². The summed E-state index contributed by atoms with van der Waals surface area (Å²) in [5, 5.41) is 9.64. The smallest absolute Gasteiger partial charge is 0.397 e. The van der Waals surface area contributed by atoms with Crippen LogP contribution in [-0.4, -0.2) is 37.0 Å². The normalized spacial score (nSPS) is 10.7. The first-order valence-electron chi connectivity index (χ1n) is 5.08. The molecular formula is C11H13NO6S. The molecule has 0 amide bonds. The van der Waals surface area contributed by atoms with Crippen LogP contribution in [0.2, 0.25) is 0 Å². The van der Waals surface area contributed by atoms with Gasteiger partial charge in [0.25, 0.3) is 0 Å². The molecule has 0 radical (unpaired) electrons. The van der Waals surface area contributed by atoms with Gasteiger partial charge < -0.3 is 9.84 Å². The van der Waals surface area contributed by atoms with E-state index in [1.807, 2.05) is 24.3 Å². The topological polar surface area (TPSA) is 106 Å². The van der Waals surface area contributed by atoms with Gasteiger partial charge in [-0.25, -0.2) is 0 Å². The molecule has 2 aromatic rings. The van der Waals surface area contributed by atoms with Crippen molar-refractivity contribution in [3.05, 3.63) is 36.5 Å². The molecule has 0 fully saturated rings. The van der Waals surface area contributed by atoms with Crippen LogP contribution in [0.3, 0.4) is 0 Å². The summed E-state index contributed by atoms with van der Waals surface area (Å²) in [6.45, 7) is -0.324. The van der Waals surface area contributed by atoms with Gasteiger partial charge in [-0.3, -0.25) is 13.7 Å². The van der Waals surface area contributed by atoms with E-state index in [0.29, 0.717) is 5.75 Å². The van der Waals surface area contributed by atoms with Gasteiger partial charge in [-0.15, -0.1) is 0 Å². The molecule has 1 aromatic heterocycles. The van der Waals surface area contributed by atoms with E-state index >= 15 is 0 Å². The summed E-state index contributed by atoms with van der Waals surface area (Å²) in [6.07, 6.45) is 1.70. The van der Waals surface area contributed by atoms with Crippen molar-refractivity contribution in [3.8, 4) is 5.75 Å². The molecular weight excluding hydrogens is 274 g/mol. The van der Waals surface area contributed by atoms with E-state index in [4.69, 9.17) is 14.4 Å². The highest BCUT2D eigenvalue weighted by Crippen LogP contribution is 2.22. The minimum atomic E-state index is -4.16. The lowest BCUT2D eigenvalue weighted by molar-refractivity contribution is 0.0998. The highest BCUT2D eigenvalue weighted by Gasteiger charge is 2.00. The van der Waals surface area contributed by atoms with E-state index in [2.05, 4.69) is 9.17 Å².